The Bertz CT molecular complexity index is 825. The van der Waals surface area contributed by atoms with Crippen LogP contribution in [0.3, 0.4) is 0 Å². The lowest BCUT2D eigenvalue weighted by Gasteiger charge is -2.19. The summed E-state index contributed by atoms with van der Waals surface area (Å²) in [5.41, 5.74) is 8.90. The lowest BCUT2D eigenvalue weighted by molar-refractivity contribution is 0.0597. The van der Waals surface area contributed by atoms with Gasteiger partial charge in [0.25, 0.3) is 0 Å². The highest BCUT2D eigenvalue weighted by Gasteiger charge is 2.16. The number of rotatable bonds is 5. The molecule has 0 aromatic heterocycles. The lowest BCUT2D eigenvalue weighted by Crippen LogP contribution is -2.27. The number of nitrogens with one attached hydrogen (secondary N) is 1. The van der Waals surface area contributed by atoms with Crippen LogP contribution in [0.2, 0.25) is 0 Å². The average molecular weight is 370 g/mol. The third-order valence-corrected chi connectivity index (χ3v) is 3.79. The molecule has 0 saturated heterocycles. The van der Waals surface area contributed by atoms with Crippen LogP contribution in [-0.2, 0) is 22.3 Å². The van der Waals surface area contributed by atoms with E-state index in [9.17, 15) is 9.59 Å². The molecule has 0 unspecified atom stereocenters. The number of benzene rings is 2. The number of ether oxygens (including phenoxy) is 2. The smallest absolute Gasteiger partial charge is 0.412 e. The fourth-order valence-corrected chi connectivity index (χ4v) is 2.63. The lowest BCUT2D eigenvalue weighted by atomic mass is 9.99. The highest BCUT2D eigenvalue weighted by Crippen LogP contribution is 2.19. The molecule has 0 aliphatic carbocycles. The zero-order chi connectivity index (χ0) is 20.0. The van der Waals surface area contributed by atoms with Crippen molar-refractivity contribution in [2.24, 2.45) is 0 Å². The molecular formula is C21H26N2O4. The summed E-state index contributed by atoms with van der Waals surface area (Å²) in [7, 11) is 1.36. The summed E-state index contributed by atoms with van der Waals surface area (Å²) in [6.45, 7) is 5.44. The first-order chi connectivity index (χ1) is 12.7. The van der Waals surface area contributed by atoms with Gasteiger partial charge in [-0.3, -0.25) is 5.32 Å². The Morgan fingerprint density at radius 3 is 2.48 bits per heavy atom. The quantitative estimate of drug-likeness (QED) is 0.608. The van der Waals surface area contributed by atoms with Gasteiger partial charge in [0, 0.05) is 11.4 Å². The van der Waals surface area contributed by atoms with E-state index in [-0.39, 0.29) is 5.97 Å². The number of carbonyl (C=O) groups excluding carboxylic acids is 2. The molecule has 2 aromatic rings. The Balaban J connectivity index is 2.08. The van der Waals surface area contributed by atoms with E-state index in [4.69, 9.17) is 15.2 Å². The molecule has 3 N–H and O–H groups in total. The first-order valence-electron chi connectivity index (χ1n) is 8.73. The second-order valence-corrected chi connectivity index (χ2v) is 7.24. The second-order valence-electron chi connectivity index (χ2n) is 7.24. The van der Waals surface area contributed by atoms with Crippen molar-refractivity contribution >= 4 is 23.4 Å². The molecule has 0 radical (unpaired) electrons. The SMILES string of the molecule is COC(=O)c1ccc(N)cc1CCc1cccc(NC(=O)OC(C)(C)C)c1. The van der Waals surface area contributed by atoms with Crippen LogP contribution in [0.5, 0.6) is 0 Å². The molecule has 27 heavy (non-hydrogen) atoms. The predicted octanol–water partition coefficient (Wildman–Crippen LogP) is 4.19. The molecule has 1 amide bonds. The number of aryl methyl sites for hydroxylation is 2. The first kappa shape index (κ1) is 20.3. The summed E-state index contributed by atoms with van der Waals surface area (Å²) in [6, 6.07) is 12.7. The van der Waals surface area contributed by atoms with Crippen molar-refractivity contribution in [1.29, 1.82) is 0 Å². The van der Waals surface area contributed by atoms with Crippen molar-refractivity contribution < 1.29 is 19.1 Å². The highest BCUT2D eigenvalue weighted by atomic mass is 16.6. The third kappa shape index (κ3) is 6.33. The Morgan fingerprint density at radius 2 is 1.81 bits per heavy atom. The van der Waals surface area contributed by atoms with Gasteiger partial charge in [-0.2, -0.15) is 0 Å². The number of nitrogen functional groups attached to an aromatic ring is 1. The van der Waals surface area contributed by atoms with Crippen LogP contribution in [0.1, 0.15) is 42.3 Å². The molecule has 2 aromatic carbocycles. The van der Waals surface area contributed by atoms with Gasteiger partial charge in [0.15, 0.2) is 0 Å². The predicted molar refractivity (Wildman–Crippen MR) is 106 cm³/mol. The van der Waals surface area contributed by atoms with Gasteiger partial charge in [0.2, 0.25) is 0 Å². The van der Waals surface area contributed by atoms with Crippen LogP contribution in [0.25, 0.3) is 0 Å². The average Bonchev–Trinajstić information content (AvgIpc) is 2.58. The molecule has 0 spiro atoms. The Labute approximate surface area is 159 Å². The number of esters is 1. The third-order valence-electron chi connectivity index (χ3n) is 3.79. The fourth-order valence-electron chi connectivity index (χ4n) is 2.63. The normalized spacial score (nSPS) is 11.0. The van der Waals surface area contributed by atoms with E-state index in [2.05, 4.69) is 5.32 Å². The molecule has 144 valence electrons. The molecule has 6 heteroatoms. The molecule has 0 fully saturated rings. The molecule has 0 bridgehead atoms. The topological polar surface area (TPSA) is 90.6 Å². The van der Waals surface area contributed by atoms with E-state index < -0.39 is 11.7 Å². The van der Waals surface area contributed by atoms with Gasteiger partial charge < -0.3 is 15.2 Å². The van der Waals surface area contributed by atoms with Crippen LogP contribution >= 0.6 is 0 Å². The number of hydrogen-bond acceptors (Lipinski definition) is 5. The number of anilines is 2. The van der Waals surface area contributed by atoms with Crippen molar-refractivity contribution in [3.63, 3.8) is 0 Å². The summed E-state index contributed by atoms with van der Waals surface area (Å²) >= 11 is 0. The summed E-state index contributed by atoms with van der Waals surface area (Å²) in [4.78, 5) is 23.8. The number of carbonyl (C=O) groups is 2. The van der Waals surface area contributed by atoms with E-state index in [1.54, 1.807) is 24.3 Å². The summed E-state index contributed by atoms with van der Waals surface area (Å²) < 4.78 is 10.1. The van der Waals surface area contributed by atoms with Crippen LogP contribution in [0, 0.1) is 0 Å². The fraction of sp³-hybridized carbons (Fsp3) is 0.333. The van der Waals surface area contributed by atoms with Crippen LogP contribution in [0.15, 0.2) is 42.5 Å². The first-order valence-corrected chi connectivity index (χ1v) is 8.73. The van der Waals surface area contributed by atoms with E-state index in [0.29, 0.717) is 29.8 Å². The summed E-state index contributed by atoms with van der Waals surface area (Å²) in [5.74, 6) is -0.384. The monoisotopic (exact) mass is 370 g/mol. The second kappa shape index (κ2) is 8.58. The minimum Gasteiger partial charge on any atom is -0.465 e. The maximum atomic E-state index is 11.9. The molecule has 0 aliphatic heterocycles. The van der Waals surface area contributed by atoms with Crippen molar-refractivity contribution in [3.8, 4) is 0 Å². The number of amides is 1. The summed E-state index contributed by atoms with van der Waals surface area (Å²) in [5, 5.41) is 2.73. The van der Waals surface area contributed by atoms with Crippen molar-refractivity contribution in [2.45, 2.75) is 39.2 Å². The standard InChI is InChI=1S/C21H26N2O4/c1-21(2,3)27-20(25)23-17-7-5-6-14(12-17)8-9-15-13-16(22)10-11-18(15)19(24)26-4/h5-7,10-13H,8-9,22H2,1-4H3,(H,23,25). The maximum Gasteiger partial charge on any atom is 0.412 e. The zero-order valence-electron chi connectivity index (χ0n) is 16.2. The number of hydrogen-bond donors (Lipinski definition) is 2. The van der Waals surface area contributed by atoms with Gasteiger partial charge in [0.05, 0.1) is 12.7 Å². The highest BCUT2D eigenvalue weighted by molar-refractivity contribution is 5.91. The molecule has 6 nitrogen and oxygen atoms in total. The molecule has 0 aliphatic rings. The number of methoxy groups -OCH3 is 1. The minimum atomic E-state index is -0.556. The van der Waals surface area contributed by atoms with Gasteiger partial charge in [-0.25, -0.2) is 9.59 Å². The largest absolute Gasteiger partial charge is 0.465 e. The van der Waals surface area contributed by atoms with E-state index in [1.807, 2.05) is 39.0 Å². The zero-order valence-corrected chi connectivity index (χ0v) is 16.2. The number of nitrogens with two attached hydrogens (primary N) is 1. The van der Waals surface area contributed by atoms with Gasteiger partial charge in [-0.15, -0.1) is 0 Å². The van der Waals surface area contributed by atoms with E-state index in [0.717, 1.165) is 11.1 Å². The van der Waals surface area contributed by atoms with E-state index >= 15 is 0 Å². The van der Waals surface area contributed by atoms with Gasteiger partial charge >= 0.3 is 12.1 Å². The van der Waals surface area contributed by atoms with Gasteiger partial charge in [-0.1, -0.05) is 12.1 Å². The Hall–Kier alpha value is -3.02. The molecule has 0 atom stereocenters. The minimum absolute atomic E-state index is 0.384. The van der Waals surface area contributed by atoms with Crippen molar-refractivity contribution in [2.75, 3.05) is 18.2 Å². The summed E-state index contributed by atoms with van der Waals surface area (Å²) in [6.07, 6.45) is 0.798. The van der Waals surface area contributed by atoms with Crippen molar-refractivity contribution in [1.82, 2.24) is 0 Å². The van der Waals surface area contributed by atoms with Gasteiger partial charge in [0.1, 0.15) is 5.60 Å². The Morgan fingerprint density at radius 1 is 1.07 bits per heavy atom. The molecular weight excluding hydrogens is 344 g/mol. The van der Waals surface area contributed by atoms with Gasteiger partial charge in [-0.05, 0) is 75.1 Å². The Kier molecular flexibility index (Phi) is 6.45. The maximum absolute atomic E-state index is 11.9. The molecule has 0 saturated carbocycles. The van der Waals surface area contributed by atoms with Crippen LogP contribution < -0.4 is 11.1 Å². The van der Waals surface area contributed by atoms with Crippen LogP contribution in [0.4, 0.5) is 16.2 Å². The van der Waals surface area contributed by atoms with Crippen LogP contribution in [-0.4, -0.2) is 24.8 Å². The molecule has 0 heterocycles. The van der Waals surface area contributed by atoms with Crippen molar-refractivity contribution in [3.05, 3.63) is 59.2 Å². The molecule has 2 rings (SSSR count). The van der Waals surface area contributed by atoms with E-state index in [1.165, 1.54) is 7.11 Å².